The third kappa shape index (κ3) is 3.72. The van der Waals surface area contributed by atoms with Gasteiger partial charge in [0.15, 0.2) is 0 Å². The van der Waals surface area contributed by atoms with Gasteiger partial charge in [-0.2, -0.15) is 10.2 Å². The summed E-state index contributed by atoms with van der Waals surface area (Å²) in [7, 11) is 1.86. The highest BCUT2D eigenvalue weighted by atomic mass is 79.9. The zero-order valence-electron chi connectivity index (χ0n) is 12.7. The minimum Gasteiger partial charge on any atom is -0.383 e. The Kier molecular flexibility index (Phi) is 4.82. The third-order valence-corrected chi connectivity index (χ3v) is 4.18. The maximum atomic E-state index is 12.1. The lowest BCUT2D eigenvalue weighted by Gasteiger charge is -2.10. The lowest BCUT2D eigenvalue weighted by molar-refractivity contribution is 0.589. The summed E-state index contributed by atoms with van der Waals surface area (Å²) in [5, 5.41) is 11.7. The number of rotatable bonds is 5. The van der Waals surface area contributed by atoms with E-state index < -0.39 is 0 Å². The first-order valence-corrected chi connectivity index (χ1v) is 7.66. The molecule has 1 N–H and O–H groups in total. The molecule has 0 aliphatic carbocycles. The van der Waals surface area contributed by atoms with Gasteiger partial charge in [0.2, 0.25) is 0 Å². The zero-order valence-corrected chi connectivity index (χ0v) is 14.3. The van der Waals surface area contributed by atoms with Crippen LogP contribution in [0.3, 0.4) is 0 Å². The zero-order chi connectivity index (χ0) is 15.6. The van der Waals surface area contributed by atoms with Crippen LogP contribution in [0.4, 0.5) is 5.69 Å². The molecule has 2 aromatic rings. The summed E-state index contributed by atoms with van der Waals surface area (Å²) in [6, 6.07) is 1.58. The molecule has 2 rings (SSSR count). The molecule has 114 valence electrons. The van der Waals surface area contributed by atoms with Crippen LogP contribution in [0.1, 0.15) is 25.2 Å². The molecular weight excluding hydrogens is 334 g/mol. The van der Waals surface area contributed by atoms with Crippen LogP contribution >= 0.6 is 15.9 Å². The summed E-state index contributed by atoms with van der Waals surface area (Å²) in [6.45, 7) is 7.36. The van der Waals surface area contributed by atoms with Gasteiger partial charge in [-0.05, 0) is 28.8 Å². The second kappa shape index (κ2) is 6.43. The molecule has 0 aliphatic rings. The number of halogens is 1. The maximum Gasteiger partial charge on any atom is 0.269 e. The third-order valence-electron chi connectivity index (χ3n) is 3.15. The Morgan fingerprint density at radius 2 is 2.14 bits per heavy atom. The van der Waals surface area contributed by atoms with Gasteiger partial charge in [0, 0.05) is 19.7 Å². The summed E-state index contributed by atoms with van der Waals surface area (Å²) in [4.78, 5) is 12.1. The van der Waals surface area contributed by atoms with E-state index in [9.17, 15) is 4.79 Å². The smallest absolute Gasteiger partial charge is 0.269 e. The molecule has 0 atom stereocenters. The van der Waals surface area contributed by atoms with Crippen LogP contribution in [0.25, 0.3) is 0 Å². The van der Waals surface area contributed by atoms with Crippen LogP contribution < -0.4 is 10.9 Å². The summed E-state index contributed by atoms with van der Waals surface area (Å²) in [5.41, 5.74) is 2.44. The van der Waals surface area contributed by atoms with E-state index in [1.165, 1.54) is 4.68 Å². The summed E-state index contributed by atoms with van der Waals surface area (Å²) in [5.74, 6) is 0.515. The normalized spacial score (nSPS) is 11.1. The van der Waals surface area contributed by atoms with Crippen molar-refractivity contribution in [2.75, 3.05) is 11.9 Å². The second-order valence-electron chi connectivity index (χ2n) is 5.48. The summed E-state index contributed by atoms with van der Waals surface area (Å²) < 4.78 is 4.11. The average molecular weight is 354 g/mol. The fourth-order valence-electron chi connectivity index (χ4n) is 1.96. The van der Waals surface area contributed by atoms with Gasteiger partial charge in [-0.3, -0.25) is 9.48 Å². The molecule has 0 unspecified atom stereocenters. The van der Waals surface area contributed by atoms with Crippen molar-refractivity contribution in [2.24, 2.45) is 13.0 Å². The molecule has 0 aliphatic heterocycles. The number of hydrogen-bond acceptors (Lipinski definition) is 4. The molecule has 0 fully saturated rings. The Balaban J connectivity index is 2.20. The first kappa shape index (κ1) is 15.8. The van der Waals surface area contributed by atoms with Crippen LogP contribution in [0.5, 0.6) is 0 Å². The highest BCUT2D eigenvalue weighted by molar-refractivity contribution is 9.10. The quantitative estimate of drug-likeness (QED) is 0.894. The standard InChI is InChI=1S/C14H20BrN5O/c1-9(2)6-16-11-5-13(21)20(17-7-11)8-12-14(15)10(3)18-19(12)4/h5,7,9,16H,6,8H2,1-4H3. The van der Waals surface area contributed by atoms with E-state index in [0.717, 1.165) is 28.1 Å². The lowest BCUT2D eigenvalue weighted by atomic mass is 10.2. The molecule has 0 amide bonds. The number of aryl methyl sites for hydroxylation is 2. The van der Waals surface area contributed by atoms with E-state index in [1.807, 2.05) is 14.0 Å². The molecule has 0 aromatic carbocycles. The van der Waals surface area contributed by atoms with Crippen molar-refractivity contribution in [3.05, 3.63) is 38.5 Å². The fraction of sp³-hybridized carbons (Fsp3) is 0.500. The lowest BCUT2D eigenvalue weighted by Crippen LogP contribution is -2.24. The number of aromatic nitrogens is 4. The molecule has 2 aromatic heterocycles. The van der Waals surface area contributed by atoms with Gasteiger partial charge in [-0.15, -0.1) is 0 Å². The number of hydrogen-bond donors (Lipinski definition) is 1. The molecule has 2 heterocycles. The van der Waals surface area contributed by atoms with Gasteiger partial charge in [0.1, 0.15) is 0 Å². The second-order valence-corrected chi connectivity index (χ2v) is 6.28. The first-order valence-electron chi connectivity index (χ1n) is 6.87. The summed E-state index contributed by atoms with van der Waals surface area (Å²) in [6.07, 6.45) is 1.68. The Bertz CT molecular complexity index is 689. The molecular formula is C14H20BrN5O. The van der Waals surface area contributed by atoms with Crippen LogP contribution in [0.2, 0.25) is 0 Å². The van der Waals surface area contributed by atoms with Crippen LogP contribution in [0.15, 0.2) is 21.5 Å². The van der Waals surface area contributed by atoms with E-state index in [0.29, 0.717) is 12.5 Å². The van der Waals surface area contributed by atoms with Gasteiger partial charge >= 0.3 is 0 Å². The number of nitrogens with one attached hydrogen (secondary N) is 1. The van der Waals surface area contributed by atoms with Crippen molar-refractivity contribution in [1.29, 1.82) is 0 Å². The Morgan fingerprint density at radius 1 is 1.43 bits per heavy atom. The van der Waals surface area contributed by atoms with E-state index in [2.05, 4.69) is 45.3 Å². The van der Waals surface area contributed by atoms with Crippen LogP contribution in [-0.4, -0.2) is 26.1 Å². The largest absolute Gasteiger partial charge is 0.383 e. The predicted molar refractivity (Wildman–Crippen MR) is 86.6 cm³/mol. The highest BCUT2D eigenvalue weighted by Gasteiger charge is 2.12. The monoisotopic (exact) mass is 353 g/mol. The molecule has 0 bridgehead atoms. The molecule has 7 heteroatoms. The van der Waals surface area contributed by atoms with E-state index >= 15 is 0 Å². The van der Waals surface area contributed by atoms with Crippen molar-refractivity contribution in [3.8, 4) is 0 Å². The van der Waals surface area contributed by atoms with Crippen LogP contribution in [-0.2, 0) is 13.6 Å². The first-order chi connectivity index (χ1) is 9.88. The number of nitrogens with zero attached hydrogens (tertiary/aromatic N) is 4. The van der Waals surface area contributed by atoms with Gasteiger partial charge in [-0.1, -0.05) is 13.8 Å². The minimum atomic E-state index is -0.130. The van der Waals surface area contributed by atoms with Gasteiger partial charge in [0.05, 0.1) is 34.3 Å². The summed E-state index contributed by atoms with van der Waals surface area (Å²) >= 11 is 3.50. The van der Waals surface area contributed by atoms with Gasteiger partial charge in [-0.25, -0.2) is 4.68 Å². The Morgan fingerprint density at radius 3 is 2.67 bits per heavy atom. The van der Waals surface area contributed by atoms with E-state index in [1.54, 1.807) is 16.9 Å². The average Bonchev–Trinajstić information content (AvgIpc) is 2.65. The minimum absolute atomic E-state index is 0.130. The molecule has 0 spiro atoms. The van der Waals surface area contributed by atoms with E-state index in [-0.39, 0.29) is 5.56 Å². The van der Waals surface area contributed by atoms with Gasteiger partial charge < -0.3 is 5.32 Å². The highest BCUT2D eigenvalue weighted by Crippen LogP contribution is 2.20. The fourth-order valence-corrected chi connectivity index (χ4v) is 2.43. The van der Waals surface area contributed by atoms with Crippen molar-refractivity contribution in [1.82, 2.24) is 19.6 Å². The topological polar surface area (TPSA) is 64.7 Å². The number of anilines is 1. The molecule has 21 heavy (non-hydrogen) atoms. The van der Waals surface area contributed by atoms with Crippen molar-refractivity contribution < 1.29 is 0 Å². The molecule has 0 saturated heterocycles. The predicted octanol–water partition coefficient (Wildman–Crippen LogP) is 2.16. The van der Waals surface area contributed by atoms with Gasteiger partial charge in [0.25, 0.3) is 5.56 Å². The Labute approximate surface area is 132 Å². The Hall–Kier alpha value is -1.63. The van der Waals surface area contributed by atoms with Crippen molar-refractivity contribution in [3.63, 3.8) is 0 Å². The van der Waals surface area contributed by atoms with E-state index in [4.69, 9.17) is 0 Å². The maximum absolute atomic E-state index is 12.1. The van der Waals surface area contributed by atoms with Crippen molar-refractivity contribution >= 4 is 21.6 Å². The van der Waals surface area contributed by atoms with Crippen LogP contribution in [0, 0.1) is 12.8 Å². The molecule has 0 saturated carbocycles. The SMILES string of the molecule is Cc1nn(C)c(Cn2ncc(NCC(C)C)cc2=O)c1Br. The van der Waals surface area contributed by atoms with Crippen molar-refractivity contribution in [2.45, 2.75) is 27.3 Å². The molecule has 6 nitrogen and oxygen atoms in total. The molecule has 0 radical (unpaired) electrons.